The molecule has 0 spiro atoms. The fourth-order valence-electron chi connectivity index (χ4n) is 2.74. The van der Waals surface area contributed by atoms with Crippen LogP contribution in [0.1, 0.15) is 38.5 Å². The zero-order chi connectivity index (χ0) is 9.86. The highest BCUT2D eigenvalue weighted by molar-refractivity contribution is 5.18. The van der Waals surface area contributed by atoms with E-state index in [0.29, 0.717) is 5.41 Å². The molecule has 14 heavy (non-hydrogen) atoms. The Labute approximate surface area is 86.5 Å². The number of ether oxygens (including phenoxy) is 1. The Morgan fingerprint density at radius 3 is 2.64 bits per heavy atom. The van der Waals surface area contributed by atoms with Crippen LogP contribution in [0, 0.1) is 5.41 Å². The SMILES string of the molecule is NCC1(C2=CCCCC2)CCOCC1. The molecule has 0 aromatic rings. The van der Waals surface area contributed by atoms with Crippen LogP contribution in [0.2, 0.25) is 0 Å². The van der Waals surface area contributed by atoms with Gasteiger partial charge in [-0.3, -0.25) is 0 Å². The molecule has 0 aromatic heterocycles. The van der Waals surface area contributed by atoms with Crippen LogP contribution in [0.4, 0.5) is 0 Å². The topological polar surface area (TPSA) is 35.2 Å². The molecular weight excluding hydrogens is 174 g/mol. The van der Waals surface area contributed by atoms with E-state index in [-0.39, 0.29) is 0 Å². The molecule has 2 rings (SSSR count). The largest absolute Gasteiger partial charge is 0.381 e. The molecule has 2 nitrogen and oxygen atoms in total. The molecule has 80 valence electrons. The number of hydrogen-bond donors (Lipinski definition) is 1. The molecule has 0 aromatic carbocycles. The van der Waals surface area contributed by atoms with Gasteiger partial charge in [-0.1, -0.05) is 11.6 Å². The summed E-state index contributed by atoms with van der Waals surface area (Å²) in [4.78, 5) is 0. The number of hydrogen-bond acceptors (Lipinski definition) is 2. The lowest BCUT2D eigenvalue weighted by Gasteiger charge is -2.39. The van der Waals surface area contributed by atoms with Gasteiger partial charge in [-0.2, -0.15) is 0 Å². The van der Waals surface area contributed by atoms with E-state index in [2.05, 4.69) is 6.08 Å². The molecule has 0 amide bonds. The van der Waals surface area contributed by atoms with Crippen molar-refractivity contribution >= 4 is 0 Å². The standard InChI is InChI=1S/C12H21NO/c13-10-12(6-8-14-9-7-12)11-4-2-1-3-5-11/h4H,1-3,5-10,13H2. The predicted molar refractivity (Wildman–Crippen MR) is 58.1 cm³/mol. The molecule has 2 heteroatoms. The summed E-state index contributed by atoms with van der Waals surface area (Å²) in [5, 5.41) is 0. The molecule has 2 aliphatic rings. The molecule has 2 N–H and O–H groups in total. The summed E-state index contributed by atoms with van der Waals surface area (Å²) in [6.07, 6.45) is 9.97. The van der Waals surface area contributed by atoms with E-state index >= 15 is 0 Å². The summed E-state index contributed by atoms with van der Waals surface area (Å²) in [7, 11) is 0. The quantitative estimate of drug-likeness (QED) is 0.686. The van der Waals surface area contributed by atoms with Crippen molar-refractivity contribution in [3.8, 4) is 0 Å². The summed E-state index contributed by atoms with van der Waals surface area (Å²) >= 11 is 0. The number of allylic oxidation sites excluding steroid dienone is 1. The molecule has 1 saturated heterocycles. The zero-order valence-corrected chi connectivity index (χ0v) is 8.93. The summed E-state index contributed by atoms with van der Waals surface area (Å²) in [6, 6.07) is 0. The van der Waals surface area contributed by atoms with Gasteiger partial charge in [0.15, 0.2) is 0 Å². The van der Waals surface area contributed by atoms with Gasteiger partial charge < -0.3 is 10.5 Å². The van der Waals surface area contributed by atoms with Crippen LogP contribution in [0.15, 0.2) is 11.6 Å². The second-order valence-electron chi connectivity index (χ2n) is 4.57. The van der Waals surface area contributed by atoms with Crippen LogP contribution in [-0.4, -0.2) is 19.8 Å². The van der Waals surface area contributed by atoms with E-state index in [0.717, 1.165) is 32.6 Å². The van der Waals surface area contributed by atoms with Crippen LogP contribution in [0.5, 0.6) is 0 Å². The molecule has 0 unspecified atom stereocenters. The molecule has 1 heterocycles. The summed E-state index contributed by atoms with van der Waals surface area (Å²) in [6.45, 7) is 2.60. The van der Waals surface area contributed by atoms with Gasteiger partial charge in [0.05, 0.1) is 0 Å². The Bertz CT molecular complexity index is 216. The minimum Gasteiger partial charge on any atom is -0.381 e. The molecule has 0 atom stereocenters. The van der Waals surface area contributed by atoms with Crippen molar-refractivity contribution < 1.29 is 4.74 Å². The lowest BCUT2D eigenvalue weighted by atomic mass is 9.70. The van der Waals surface area contributed by atoms with Crippen molar-refractivity contribution in [1.82, 2.24) is 0 Å². The van der Waals surface area contributed by atoms with E-state index in [4.69, 9.17) is 10.5 Å². The molecule has 1 aliphatic heterocycles. The molecular formula is C12H21NO. The van der Waals surface area contributed by atoms with Crippen LogP contribution in [0.25, 0.3) is 0 Å². The van der Waals surface area contributed by atoms with Crippen molar-refractivity contribution in [2.75, 3.05) is 19.8 Å². The highest BCUT2D eigenvalue weighted by atomic mass is 16.5. The summed E-state index contributed by atoms with van der Waals surface area (Å²) < 4.78 is 5.43. The van der Waals surface area contributed by atoms with Gasteiger partial charge in [0.2, 0.25) is 0 Å². The Morgan fingerprint density at radius 1 is 1.29 bits per heavy atom. The Kier molecular flexibility index (Phi) is 3.24. The van der Waals surface area contributed by atoms with Crippen LogP contribution in [-0.2, 0) is 4.74 Å². The monoisotopic (exact) mass is 195 g/mol. The van der Waals surface area contributed by atoms with E-state index in [1.165, 1.54) is 25.7 Å². The second-order valence-corrected chi connectivity index (χ2v) is 4.57. The molecule has 0 radical (unpaired) electrons. The van der Waals surface area contributed by atoms with E-state index in [1.54, 1.807) is 5.57 Å². The van der Waals surface area contributed by atoms with Gasteiger partial charge in [0, 0.05) is 25.2 Å². The van der Waals surface area contributed by atoms with Gasteiger partial charge in [0.25, 0.3) is 0 Å². The van der Waals surface area contributed by atoms with Gasteiger partial charge >= 0.3 is 0 Å². The summed E-state index contributed by atoms with van der Waals surface area (Å²) in [5.74, 6) is 0. The first-order valence-electron chi connectivity index (χ1n) is 5.85. The van der Waals surface area contributed by atoms with Crippen LogP contribution in [0.3, 0.4) is 0 Å². The lowest BCUT2D eigenvalue weighted by molar-refractivity contribution is 0.0338. The molecule has 1 aliphatic carbocycles. The third-order valence-electron chi connectivity index (χ3n) is 3.81. The van der Waals surface area contributed by atoms with E-state index in [1.807, 2.05) is 0 Å². The number of rotatable bonds is 2. The first-order chi connectivity index (χ1) is 6.87. The minimum absolute atomic E-state index is 0.304. The fraction of sp³-hybridized carbons (Fsp3) is 0.833. The van der Waals surface area contributed by atoms with E-state index < -0.39 is 0 Å². The Morgan fingerprint density at radius 2 is 2.07 bits per heavy atom. The van der Waals surface area contributed by atoms with E-state index in [9.17, 15) is 0 Å². The average Bonchev–Trinajstić information content (AvgIpc) is 2.31. The van der Waals surface area contributed by atoms with Gasteiger partial charge in [0.1, 0.15) is 0 Å². The Hall–Kier alpha value is -0.340. The van der Waals surface area contributed by atoms with Gasteiger partial charge in [-0.15, -0.1) is 0 Å². The van der Waals surface area contributed by atoms with Crippen molar-refractivity contribution in [3.63, 3.8) is 0 Å². The van der Waals surface area contributed by atoms with Crippen molar-refractivity contribution in [2.24, 2.45) is 11.1 Å². The van der Waals surface area contributed by atoms with Gasteiger partial charge in [-0.05, 0) is 38.5 Å². The maximum absolute atomic E-state index is 5.97. The first-order valence-corrected chi connectivity index (χ1v) is 5.85. The second kappa shape index (κ2) is 4.45. The average molecular weight is 195 g/mol. The lowest BCUT2D eigenvalue weighted by Crippen LogP contribution is -2.38. The summed E-state index contributed by atoms with van der Waals surface area (Å²) in [5.41, 5.74) is 7.91. The highest BCUT2D eigenvalue weighted by Gasteiger charge is 2.34. The molecule has 1 fully saturated rings. The number of nitrogens with two attached hydrogens (primary N) is 1. The third kappa shape index (κ3) is 1.86. The van der Waals surface area contributed by atoms with Crippen molar-refractivity contribution in [2.45, 2.75) is 38.5 Å². The van der Waals surface area contributed by atoms with Crippen LogP contribution < -0.4 is 5.73 Å². The predicted octanol–water partition coefficient (Wildman–Crippen LogP) is 2.24. The Balaban J connectivity index is 2.12. The first kappa shape index (κ1) is 10.2. The maximum atomic E-state index is 5.97. The molecule has 0 bridgehead atoms. The highest BCUT2D eigenvalue weighted by Crippen LogP contribution is 2.41. The molecule has 0 saturated carbocycles. The minimum atomic E-state index is 0.304. The smallest absolute Gasteiger partial charge is 0.0474 e. The third-order valence-corrected chi connectivity index (χ3v) is 3.81. The van der Waals surface area contributed by atoms with Crippen molar-refractivity contribution in [3.05, 3.63) is 11.6 Å². The van der Waals surface area contributed by atoms with Crippen molar-refractivity contribution in [1.29, 1.82) is 0 Å². The van der Waals surface area contributed by atoms with Crippen LogP contribution >= 0.6 is 0 Å². The fourth-order valence-corrected chi connectivity index (χ4v) is 2.74. The zero-order valence-electron chi connectivity index (χ0n) is 8.93. The normalized spacial score (nSPS) is 27.1. The van der Waals surface area contributed by atoms with Gasteiger partial charge in [-0.25, -0.2) is 0 Å². The maximum Gasteiger partial charge on any atom is 0.0474 e.